The van der Waals surface area contributed by atoms with E-state index in [0.717, 1.165) is 11.1 Å². The van der Waals surface area contributed by atoms with Gasteiger partial charge in [0.1, 0.15) is 0 Å². The maximum atomic E-state index is 12.3. The van der Waals surface area contributed by atoms with Crippen molar-refractivity contribution >= 4 is 21.8 Å². The molecule has 1 aromatic heterocycles. The molecule has 0 aliphatic rings. The quantitative estimate of drug-likeness (QED) is 0.895. The van der Waals surface area contributed by atoms with Crippen LogP contribution in [0.4, 0.5) is 0 Å². The highest BCUT2D eigenvalue weighted by Gasteiger charge is 2.23. The molecule has 2 N–H and O–H groups in total. The zero-order valence-corrected chi connectivity index (χ0v) is 13.7. The molecule has 0 atom stereocenters. The standard InChI is InChI=1S/C16H17BrN2O2/c1-10-5-4-6-12(7-10)16(2,3)19-14(20)11-8-13(17)15(21)18-9-11/h4-9H,1-3H3,(H,18,21)(H,19,20). The normalized spacial score (nSPS) is 11.2. The number of carbonyl (C=O) groups excluding carboxylic acids is 1. The Bertz CT molecular complexity index is 735. The predicted octanol–water partition coefficient (Wildman–Crippen LogP) is 3.11. The van der Waals surface area contributed by atoms with Crippen molar-refractivity contribution in [3.63, 3.8) is 0 Å². The summed E-state index contributed by atoms with van der Waals surface area (Å²) in [4.78, 5) is 26.2. The van der Waals surface area contributed by atoms with Gasteiger partial charge in [0.15, 0.2) is 0 Å². The minimum Gasteiger partial charge on any atom is -0.343 e. The maximum Gasteiger partial charge on any atom is 0.262 e. The molecule has 2 rings (SSSR count). The van der Waals surface area contributed by atoms with Gasteiger partial charge < -0.3 is 10.3 Å². The molecule has 2 aromatic rings. The predicted molar refractivity (Wildman–Crippen MR) is 86.4 cm³/mol. The van der Waals surface area contributed by atoms with Crippen LogP contribution in [0.3, 0.4) is 0 Å². The molecular formula is C16H17BrN2O2. The summed E-state index contributed by atoms with van der Waals surface area (Å²) in [5.74, 6) is -0.238. The second-order valence-corrected chi connectivity index (χ2v) is 6.37. The van der Waals surface area contributed by atoms with Gasteiger partial charge in [0.25, 0.3) is 11.5 Å². The van der Waals surface area contributed by atoms with E-state index in [1.807, 2.05) is 45.0 Å². The lowest BCUT2D eigenvalue weighted by molar-refractivity contribution is 0.0911. The molecule has 0 bridgehead atoms. The van der Waals surface area contributed by atoms with Crippen molar-refractivity contribution in [1.29, 1.82) is 0 Å². The lowest BCUT2D eigenvalue weighted by Gasteiger charge is -2.27. The summed E-state index contributed by atoms with van der Waals surface area (Å²) >= 11 is 3.12. The zero-order valence-electron chi connectivity index (χ0n) is 12.2. The van der Waals surface area contributed by atoms with E-state index < -0.39 is 5.54 Å². The van der Waals surface area contributed by atoms with Crippen molar-refractivity contribution in [2.24, 2.45) is 0 Å². The number of carbonyl (C=O) groups is 1. The van der Waals surface area contributed by atoms with Gasteiger partial charge in [-0.3, -0.25) is 9.59 Å². The highest BCUT2D eigenvalue weighted by molar-refractivity contribution is 9.10. The van der Waals surface area contributed by atoms with Crippen molar-refractivity contribution in [2.45, 2.75) is 26.3 Å². The fourth-order valence-corrected chi connectivity index (χ4v) is 2.41. The van der Waals surface area contributed by atoms with Gasteiger partial charge in [0, 0.05) is 6.20 Å². The second-order valence-electron chi connectivity index (χ2n) is 5.51. The minimum atomic E-state index is -0.508. The lowest BCUT2D eigenvalue weighted by Crippen LogP contribution is -2.41. The third-order valence-corrected chi connectivity index (χ3v) is 3.87. The Kier molecular flexibility index (Phi) is 4.32. The van der Waals surface area contributed by atoms with E-state index in [2.05, 4.69) is 26.2 Å². The van der Waals surface area contributed by atoms with Gasteiger partial charge in [-0.1, -0.05) is 29.8 Å². The van der Waals surface area contributed by atoms with Crippen molar-refractivity contribution in [3.8, 4) is 0 Å². The fraction of sp³-hybridized carbons (Fsp3) is 0.250. The number of H-pyrrole nitrogens is 1. The Morgan fingerprint density at radius 3 is 2.62 bits per heavy atom. The fourth-order valence-electron chi connectivity index (χ4n) is 2.05. The Hall–Kier alpha value is -1.88. The van der Waals surface area contributed by atoms with Gasteiger partial charge in [-0.05, 0) is 48.3 Å². The van der Waals surface area contributed by atoms with Crippen molar-refractivity contribution in [3.05, 3.63) is 68.0 Å². The van der Waals surface area contributed by atoms with E-state index in [4.69, 9.17) is 0 Å². The first kappa shape index (κ1) is 15.5. The molecule has 5 heteroatoms. The van der Waals surface area contributed by atoms with Crippen LogP contribution in [0.25, 0.3) is 0 Å². The molecule has 110 valence electrons. The number of nitrogens with one attached hydrogen (secondary N) is 2. The van der Waals surface area contributed by atoms with E-state index >= 15 is 0 Å². The van der Waals surface area contributed by atoms with E-state index in [1.54, 1.807) is 0 Å². The van der Waals surface area contributed by atoms with Gasteiger partial charge in [-0.25, -0.2) is 0 Å². The van der Waals surface area contributed by atoms with E-state index in [1.165, 1.54) is 12.3 Å². The maximum absolute atomic E-state index is 12.3. The summed E-state index contributed by atoms with van der Waals surface area (Å²) in [6.45, 7) is 5.90. The topological polar surface area (TPSA) is 62.0 Å². The van der Waals surface area contributed by atoms with Crippen LogP contribution in [0, 0.1) is 6.92 Å². The van der Waals surface area contributed by atoms with Gasteiger partial charge in [-0.2, -0.15) is 0 Å². The van der Waals surface area contributed by atoms with Crippen LogP contribution >= 0.6 is 15.9 Å². The van der Waals surface area contributed by atoms with Crippen LogP contribution in [-0.4, -0.2) is 10.9 Å². The smallest absolute Gasteiger partial charge is 0.262 e. The Morgan fingerprint density at radius 1 is 1.29 bits per heavy atom. The Labute approximate surface area is 131 Å². The monoisotopic (exact) mass is 348 g/mol. The molecule has 0 aliphatic heterocycles. The van der Waals surface area contributed by atoms with Crippen LogP contribution in [0.15, 0.2) is 45.8 Å². The summed E-state index contributed by atoms with van der Waals surface area (Å²) in [7, 11) is 0. The number of aromatic amines is 1. The van der Waals surface area contributed by atoms with Gasteiger partial charge in [0.2, 0.25) is 0 Å². The van der Waals surface area contributed by atoms with E-state index in [9.17, 15) is 9.59 Å². The number of aromatic nitrogens is 1. The third kappa shape index (κ3) is 3.61. The summed E-state index contributed by atoms with van der Waals surface area (Å²) in [5, 5.41) is 2.98. The molecular weight excluding hydrogens is 332 g/mol. The molecule has 0 unspecified atom stereocenters. The largest absolute Gasteiger partial charge is 0.343 e. The zero-order chi connectivity index (χ0) is 15.6. The molecule has 0 fully saturated rings. The van der Waals surface area contributed by atoms with Crippen LogP contribution in [-0.2, 0) is 5.54 Å². The molecule has 0 radical (unpaired) electrons. The highest BCUT2D eigenvalue weighted by atomic mass is 79.9. The number of pyridine rings is 1. The lowest BCUT2D eigenvalue weighted by atomic mass is 9.92. The molecule has 1 aromatic carbocycles. The Morgan fingerprint density at radius 2 is 2.00 bits per heavy atom. The average Bonchev–Trinajstić information content (AvgIpc) is 2.41. The first-order valence-electron chi connectivity index (χ1n) is 6.57. The molecule has 0 spiro atoms. The summed E-state index contributed by atoms with van der Waals surface area (Å²) in [5.41, 5.74) is 1.80. The van der Waals surface area contributed by atoms with Crippen molar-refractivity contribution < 1.29 is 4.79 Å². The van der Waals surface area contributed by atoms with Crippen LogP contribution in [0.1, 0.15) is 35.3 Å². The van der Waals surface area contributed by atoms with Gasteiger partial charge in [0.05, 0.1) is 15.6 Å². The second kappa shape index (κ2) is 5.85. The number of rotatable bonds is 3. The number of hydrogen-bond donors (Lipinski definition) is 2. The number of benzene rings is 1. The molecule has 0 saturated carbocycles. The SMILES string of the molecule is Cc1cccc(C(C)(C)NC(=O)c2c[nH]c(=O)c(Br)c2)c1. The number of amides is 1. The molecule has 0 aliphatic carbocycles. The number of halogens is 1. The molecule has 1 heterocycles. The molecule has 4 nitrogen and oxygen atoms in total. The Balaban J connectivity index is 2.25. The first-order chi connectivity index (χ1) is 9.79. The van der Waals surface area contributed by atoms with E-state index in [-0.39, 0.29) is 11.5 Å². The average molecular weight is 349 g/mol. The molecule has 21 heavy (non-hydrogen) atoms. The van der Waals surface area contributed by atoms with Crippen LogP contribution in [0.5, 0.6) is 0 Å². The molecule has 1 amide bonds. The van der Waals surface area contributed by atoms with Crippen LogP contribution < -0.4 is 10.9 Å². The van der Waals surface area contributed by atoms with E-state index in [0.29, 0.717) is 10.0 Å². The molecule has 0 saturated heterocycles. The highest BCUT2D eigenvalue weighted by Crippen LogP contribution is 2.21. The summed E-state index contributed by atoms with van der Waals surface area (Å²) in [6.07, 6.45) is 1.41. The van der Waals surface area contributed by atoms with Gasteiger partial charge in [-0.15, -0.1) is 0 Å². The third-order valence-electron chi connectivity index (χ3n) is 3.29. The number of hydrogen-bond acceptors (Lipinski definition) is 2. The number of aryl methyl sites for hydroxylation is 1. The van der Waals surface area contributed by atoms with Crippen molar-refractivity contribution in [1.82, 2.24) is 10.3 Å². The van der Waals surface area contributed by atoms with Crippen molar-refractivity contribution in [2.75, 3.05) is 0 Å². The summed E-state index contributed by atoms with van der Waals surface area (Å²) in [6, 6.07) is 9.52. The summed E-state index contributed by atoms with van der Waals surface area (Å²) < 4.78 is 0.337. The van der Waals surface area contributed by atoms with Gasteiger partial charge >= 0.3 is 0 Å². The van der Waals surface area contributed by atoms with Crippen LogP contribution in [0.2, 0.25) is 0 Å². The first-order valence-corrected chi connectivity index (χ1v) is 7.37. The minimum absolute atomic E-state index is 0.238.